The summed E-state index contributed by atoms with van der Waals surface area (Å²) >= 11 is 0. The fourth-order valence-corrected chi connectivity index (χ4v) is 2.42. The summed E-state index contributed by atoms with van der Waals surface area (Å²) in [6.07, 6.45) is -11.0. The van der Waals surface area contributed by atoms with Gasteiger partial charge in [0.25, 0.3) is 0 Å². The third kappa shape index (κ3) is 7.35. The highest BCUT2D eigenvalue weighted by molar-refractivity contribution is 5.73. The number of rotatable bonds is 7. The van der Waals surface area contributed by atoms with Crippen LogP contribution in [0.1, 0.15) is 29.7 Å². The van der Waals surface area contributed by atoms with Crippen molar-refractivity contribution >= 4 is 6.03 Å². The minimum atomic E-state index is -4.95. The molecule has 0 aliphatic heterocycles. The smallest absolute Gasteiger partial charge is 0.416 e. The zero-order valence-electron chi connectivity index (χ0n) is 16.6. The van der Waals surface area contributed by atoms with E-state index in [1.807, 2.05) is 0 Å². The van der Waals surface area contributed by atoms with Crippen molar-refractivity contribution < 1.29 is 40.6 Å². The van der Waals surface area contributed by atoms with Gasteiger partial charge in [0.15, 0.2) is 6.73 Å². The first-order chi connectivity index (χ1) is 14.4. The average molecular weight is 450 g/mol. The molecule has 0 aromatic heterocycles. The molecule has 0 aliphatic carbocycles. The predicted molar refractivity (Wildman–Crippen MR) is 99.0 cm³/mol. The molecule has 2 amide bonds. The number of urea groups is 1. The minimum absolute atomic E-state index is 0.0414. The van der Waals surface area contributed by atoms with Crippen LogP contribution in [0.5, 0.6) is 5.75 Å². The average Bonchev–Trinajstić information content (AvgIpc) is 2.70. The molecule has 0 heterocycles. The van der Waals surface area contributed by atoms with E-state index in [1.165, 1.54) is 18.9 Å². The van der Waals surface area contributed by atoms with Crippen LogP contribution in [0, 0.1) is 0 Å². The second-order valence-electron chi connectivity index (χ2n) is 6.56. The number of carbonyl (C=O) groups is 1. The van der Waals surface area contributed by atoms with Crippen molar-refractivity contribution in [3.8, 4) is 5.75 Å². The third-order valence-corrected chi connectivity index (χ3v) is 4.15. The molecule has 0 spiro atoms. The molecule has 2 aromatic carbocycles. The standard InChI is InChI=1S/C20H20F6N2O3/c1-13(14-8-15(19(21,22)23)10-16(9-14)20(24,25)26)30-11-27-18(29)28(2)12-31-17-6-4-3-5-7-17/h3-10,13H,11-12H2,1-2H3,(H,27,29)/t13-/m1/s1. The summed E-state index contributed by atoms with van der Waals surface area (Å²) in [4.78, 5) is 13.2. The number of nitrogens with zero attached hydrogens (tertiary/aromatic N) is 1. The monoisotopic (exact) mass is 450 g/mol. The van der Waals surface area contributed by atoms with Gasteiger partial charge in [-0.05, 0) is 42.8 Å². The molecular weight excluding hydrogens is 430 g/mol. The van der Waals surface area contributed by atoms with E-state index in [4.69, 9.17) is 9.47 Å². The Bertz CT molecular complexity index is 839. The highest BCUT2D eigenvalue weighted by atomic mass is 19.4. The van der Waals surface area contributed by atoms with Crippen molar-refractivity contribution in [2.24, 2.45) is 0 Å². The van der Waals surface area contributed by atoms with Crippen molar-refractivity contribution in [1.82, 2.24) is 10.2 Å². The van der Waals surface area contributed by atoms with Crippen LogP contribution in [0.15, 0.2) is 48.5 Å². The second-order valence-corrected chi connectivity index (χ2v) is 6.56. The number of amides is 2. The highest BCUT2D eigenvalue weighted by Crippen LogP contribution is 2.37. The number of halogens is 6. The van der Waals surface area contributed by atoms with Gasteiger partial charge in [-0.2, -0.15) is 26.3 Å². The summed E-state index contributed by atoms with van der Waals surface area (Å²) in [6, 6.07) is 9.29. The van der Waals surface area contributed by atoms with Crippen LogP contribution in [0.2, 0.25) is 0 Å². The summed E-state index contributed by atoms with van der Waals surface area (Å²) < 4.78 is 88.4. The van der Waals surface area contributed by atoms with Gasteiger partial charge in [-0.1, -0.05) is 18.2 Å². The SMILES string of the molecule is C[C@@H](OCNC(=O)N(C)COc1ccccc1)c1cc(C(F)(F)F)cc(C(F)(F)F)c1. The zero-order valence-corrected chi connectivity index (χ0v) is 16.6. The molecule has 2 rings (SSSR count). The van der Waals surface area contributed by atoms with Crippen LogP contribution in [0.4, 0.5) is 31.1 Å². The topological polar surface area (TPSA) is 50.8 Å². The molecule has 1 atom stereocenters. The maximum absolute atomic E-state index is 13.0. The quantitative estimate of drug-likeness (QED) is 0.452. The summed E-state index contributed by atoms with van der Waals surface area (Å²) in [5.74, 6) is 0.539. The van der Waals surface area contributed by atoms with Gasteiger partial charge in [-0.3, -0.25) is 4.90 Å². The van der Waals surface area contributed by atoms with Gasteiger partial charge in [0.1, 0.15) is 12.5 Å². The Labute approximate surface area is 174 Å². The van der Waals surface area contributed by atoms with Gasteiger partial charge in [-0.15, -0.1) is 0 Å². The molecule has 0 unspecified atom stereocenters. The molecule has 0 fully saturated rings. The molecule has 170 valence electrons. The Morgan fingerprint density at radius 1 is 1.00 bits per heavy atom. The molecular formula is C20H20F6N2O3. The van der Waals surface area contributed by atoms with Crippen molar-refractivity contribution in [2.75, 3.05) is 20.5 Å². The third-order valence-electron chi connectivity index (χ3n) is 4.15. The van der Waals surface area contributed by atoms with Gasteiger partial charge in [0, 0.05) is 7.05 Å². The molecule has 0 radical (unpaired) electrons. The largest absolute Gasteiger partial charge is 0.473 e. The van der Waals surface area contributed by atoms with Crippen LogP contribution in [0.3, 0.4) is 0 Å². The van der Waals surface area contributed by atoms with Crippen LogP contribution < -0.4 is 10.1 Å². The Morgan fingerprint density at radius 2 is 1.55 bits per heavy atom. The van der Waals surface area contributed by atoms with Crippen molar-refractivity contribution in [2.45, 2.75) is 25.4 Å². The predicted octanol–water partition coefficient (Wildman–Crippen LogP) is 5.44. The van der Waals surface area contributed by atoms with Gasteiger partial charge in [-0.25, -0.2) is 4.79 Å². The van der Waals surface area contributed by atoms with E-state index < -0.39 is 42.3 Å². The first kappa shape index (κ1) is 24.3. The van der Waals surface area contributed by atoms with Crippen molar-refractivity contribution in [1.29, 1.82) is 0 Å². The zero-order chi connectivity index (χ0) is 23.2. The summed E-state index contributed by atoms with van der Waals surface area (Å²) in [5, 5.41) is 2.35. The fourth-order valence-electron chi connectivity index (χ4n) is 2.42. The molecule has 5 nitrogen and oxygen atoms in total. The van der Waals surface area contributed by atoms with Crippen molar-refractivity contribution in [3.05, 3.63) is 65.2 Å². The van der Waals surface area contributed by atoms with Gasteiger partial charge >= 0.3 is 18.4 Å². The summed E-state index contributed by atoms with van der Waals surface area (Å²) in [6.45, 7) is 0.755. The normalized spacial score (nSPS) is 12.9. The molecule has 1 N–H and O–H groups in total. The first-order valence-electron chi connectivity index (χ1n) is 8.95. The van der Waals surface area contributed by atoms with E-state index in [1.54, 1.807) is 30.3 Å². The van der Waals surface area contributed by atoms with E-state index in [0.29, 0.717) is 17.9 Å². The number of carbonyl (C=O) groups excluding carboxylic acids is 1. The lowest BCUT2D eigenvalue weighted by Gasteiger charge is -2.21. The van der Waals surface area contributed by atoms with Gasteiger partial charge in [0.2, 0.25) is 0 Å². The number of alkyl halides is 6. The maximum Gasteiger partial charge on any atom is 0.416 e. The Hall–Kier alpha value is -2.95. The van der Waals surface area contributed by atoms with Crippen molar-refractivity contribution in [3.63, 3.8) is 0 Å². The van der Waals surface area contributed by atoms with E-state index in [-0.39, 0.29) is 18.4 Å². The molecule has 31 heavy (non-hydrogen) atoms. The summed E-state index contributed by atoms with van der Waals surface area (Å²) in [5.41, 5.74) is -3.19. The number of hydrogen-bond acceptors (Lipinski definition) is 3. The fraction of sp³-hybridized carbons (Fsp3) is 0.350. The molecule has 0 aliphatic rings. The lowest BCUT2D eigenvalue weighted by atomic mass is 10.0. The van der Waals surface area contributed by atoms with Crippen LogP contribution in [-0.4, -0.2) is 31.4 Å². The lowest BCUT2D eigenvalue weighted by Crippen LogP contribution is -2.40. The van der Waals surface area contributed by atoms with E-state index >= 15 is 0 Å². The number of hydrogen-bond donors (Lipinski definition) is 1. The van der Waals surface area contributed by atoms with Gasteiger partial charge < -0.3 is 14.8 Å². The first-order valence-corrected chi connectivity index (χ1v) is 8.95. The molecule has 0 saturated heterocycles. The van der Waals surface area contributed by atoms with E-state index in [9.17, 15) is 31.1 Å². The van der Waals surface area contributed by atoms with Crippen LogP contribution >= 0.6 is 0 Å². The number of ether oxygens (including phenoxy) is 2. The Kier molecular flexibility index (Phi) is 7.77. The Balaban J connectivity index is 1.94. The second kappa shape index (κ2) is 9.90. The van der Waals surface area contributed by atoms with Crippen LogP contribution in [-0.2, 0) is 17.1 Å². The molecule has 0 bridgehead atoms. The number of nitrogens with one attached hydrogen (secondary N) is 1. The lowest BCUT2D eigenvalue weighted by molar-refractivity contribution is -0.143. The van der Waals surface area contributed by atoms with Crippen LogP contribution in [0.25, 0.3) is 0 Å². The Morgan fingerprint density at radius 3 is 2.06 bits per heavy atom. The van der Waals surface area contributed by atoms with Gasteiger partial charge in [0.05, 0.1) is 17.2 Å². The molecule has 0 saturated carbocycles. The highest BCUT2D eigenvalue weighted by Gasteiger charge is 2.37. The minimum Gasteiger partial charge on any atom is -0.473 e. The van der Waals surface area contributed by atoms with E-state index in [0.717, 1.165) is 0 Å². The molecule has 2 aromatic rings. The maximum atomic E-state index is 13.0. The van der Waals surface area contributed by atoms with E-state index in [2.05, 4.69) is 5.32 Å². The number of para-hydroxylation sites is 1. The number of benzene rings is 2. The summed E-state index contributed by atoms with van der Waals surface area (Å²) in [7, 11) is 1.43. The molecule has 11 heteroatoms.